The van der Waals surface area contributed by atoms with Gasteiger partial charge >= 0.3 is 0 Å². The summed E-state index contributed by atoms with van der Waals surface area (Å²) in [6.45, 7) is 0.686. The summed E-state index contributed by atoms with van der Waals surface area (Å²) < 4.78 is 38.4. The quantitative estimate of drug-likeness (QED) is 0.830. The van der Waals surface area contributed by atoms with E-state index in [0.29, 0.717) is 30.5 Å². The molecule has 2 atom stereocenters. The van der Waals surface area contributed by atoms with Crippen molar-refractivity contribution in [3.05, 3.63) is 36.5 Å². The zero-order valence-electron chi connectivity index (χ0n) is 13.2. The normalized spacial score (nSPS) is 22.7. The highest BCUT2D eigenvalue weighted by Crippen LogP contribution is 2.31. The summed E-state index contributed by atoms with van der Waals surface area (Å²) in [7, 11) is -0.467. The zero-order valence-corrected chi connectivity index (χ0v) is 14.0. The molecule has 1 aromatic carbocycles. The lowest BCUT2D eigenvalue weighted by molar-refractivity contribution is 0.110. The largest absolute Gasteiger partial charge is 0.383 e. The van der Waals surface area contributed by atoms with Crippen LogP contribution in [-0.2, 0) is 19.5 Å². The molecule has 7 heteroatoms. The van der Waals surface area contributed by atoms with Crippen LogP contribution in [0.3, 0.4) is 0 Å². The van der Waals surface area contributed by atoms with Crippen LogP contribution in [0.5, 0.6) is 0 Å². The van der Waals surface area contributed by atoms with E-state index in [1.165, 1.54) is 4.31 Å². The molecule has 1 fully saturated rings. The third kappa shape index (κ3) is 2.97. The Balaban J connectivity index is 2.06. The topological polar surface area (TPSA) is 68.7 Å². The number of nitrogens with zero attached hydrogens (tertiary/aromatic N) is 2. The standard InChI is InChI=1S/C16H20N2O4S/c1-21-11-12-9-13(22-2)10-18(12)23(19,20)16-7-3-6-15-14(16)5-4-8-17-15/h3-8,12-13H,9-11H2,1-2H3/t12-,13-/m0/s1. The predicted molar refractivity (Wildman–Crippen MR) is 86.7 cm³/mol. The van der Waals surface area contributed by atoms with Crippen molar-refractivity contribution in [2.24, 2.45) is 0 Å². The molecule has 124 valence electrons. The molecule has 0 radical (unpaired) electrons. The lowest BCUT2D eigenvalue weighted by Gasteiger charge is -2.23. The molecule has 1 aliphatic rings. The molecule has 0 N–H and O–H groups in total. The molecule has 0 spiro atoms. The molecule has 23 heavy (non-hydrogen) atoms. The zero-order chi connectivity index (χ0) is 16.4. The van der Waals surface area contributed by atoms with Crippen LogP contribution in [-0.4, -0.2) is 57.2 Å². The Hall–Kier alpha value is -1.54. The lowest BCUT2D eigenvalue weighted by Crippen LogP contribution is -2.38. The van der Waals surface area contributed by atoms with Crippen LogP contribution in [0.4, 0.5) is 0 Å². The number of methoxy groups -OCH3 is 2. The molecule has 2 aromatic rings. The second kappa shape index (κ2) is 6.52. The van der Waals surface area contributed by atoms with Gasteiger partial charge in [-0.3, -0.25) is 4.98 Å². The second-order valence-corrected chi connectivity index (χ2v) is 7.46. The van der Waals surface area contributed by atoms with Gasteiger partial charge in [0.05, 0.1) is 29.2 Å². The number of hydrogen-bond acceptors (Lipinski definition) is 5. The minimum absolute atomic E-state index is 0.113. The maximum Gasteiger partial charge on any atom is 0.244 e. The van der Waals surface area contributed by atoms with Crippen LogP contribution in [0.2, 0.25) is 0 Å². The van der Waals surface area contributed by atoms with Gasteiger partial charge in [-0.2, -0.15) is 4.31 Å². The van der Waals surface area contributed by atoms with E-state index >= 15 is 0 Å². The second-order valence-electron chi connectivity index (χ2n) is 5.60. The van der Waals surface area contributed by atoms with E-state index in [9.17, 15) is 8.42 Å². The summed E-state index contributed by atoms with van der Waals surface area (Å²) >= 11 is 0. The highest BCUT2D eigenvalue weighted by molar-refractivity contribution is 7.89. The SMILES string of the molecule is COC[C@@H]1C[C@H](OC)CN1S(=O)(=O)c1cccc2ncccc12. The van der Waals surface area contributed by atoms with Gasteiger partial charge in [-0.05, 0) is 30.7 Å². The maximum atomic E-state index is 13.2. The van der Waals surface area contributed by atoms with Crippen LogP contribution in [0.15, 0.2) is 41.4 Å². The first-order chi connectivity index (χ1) is 11.1. The van der Waals surface area contributed by atoms with E-state index < -0.39 is 10.0 Å². The number of pyridine rings is 1. The monoisotopic (exact) mass is 336 g/mol. The molecule has 0 amide bonds. The Morgan fingerprint density at radius 3 is 2.83 bits per heavy atom. The summed E-state index contributed by atoms with van der Waals surface area (Å²) in [6, 6.07) is 8.46. The van der Waals surface area contributed by atoms with Gasteiger partial charge in [-0.1, -0.05) is 6.07 Å². The number of aromatic nitrogens is 1. The van der Waals surface area contributed by atoms with Gasteiger partial charge in [0.15, 0.2) is 0 Å². The van der Waals surface area contributed by atoms with Gasteiger partial charge in [0, 0.05) is 32.3 Å². The molecular weight excluding hydrogens is 316 g/mol. The molecule has 3 rings (SSSR count). The minimum atomic E-state index is -3.65. The Morgan fingerprint density at radius 1 is 1.26 bits per heavy atom. The van der Waals surface area contributed by atoms with Crippen LogP contribution >= 0.6 is 0 Å². The summed E-state index contributed by atoms with van der Waals surface area (Å²) in [5.74, 6) is 0. The van der Waals surface area contributed by atoms with Crippen molar-refractivity contribution in [1.29, 1.82) is 0 Å². The van der Waals surface area contributed by atoms with E-state index in [1.54, 1.807) is 44.7 Å². The molecule has 1 saturated heterocycles. The number of sulfonamides is 1. The molecule has 0 saturated carbocycles. The Kier molecular flexibility index (Phi) is 4.63. The van der Waals surface area contributed by atoms with Crippen LogP contribution in [0.1, 0.15) is 6.42 Å². The van der Waals surface area contributed by atoms with Gasteiger partial charge in [-0.25, -0.2) is 8.42 Å². The van der Waals surface area contributed by atoms with E-state index in [2.05, 4.69) is 4.98 Å². The van der Waals surface area contributed by atoms with Crippen molar-refractivity contribution in [2.45, 2.75) is 23.5 Å². The highest BCUT2D eigenvalue weighted by Gasteiger charge is 2.40. The van der Waals surface area contributed by atoms with Crippen molar-refractivity contribution >= 4 is 20.9 Å². The maximum absolute atomic E-state index is 13.2. The van der Waals surface area contributed by atoms with E-state index in [0.717, 1.165) is 0 Å². The number of fused-ring (bicyclic) bond motifs is 1. The lowest BCUT2D eigenvalue weighted by atomic mass is 10.2. The fourth-order valence-corrected chi connectivity index (χ4v) is 4.94. The highest BCUT2D eigenvalue weighted by atomic mass is 32.2. The van der Waals surface area contributed by atoms with Crippen molar-refractivity contribution < 1.29 is 17.9 Å². The number of rotatable bonds is 5. The smallest absolute Gasteiger partial charge is 0.244 e. The van der Waals surface area contributed by atoms with Gasteiger partial charge < -0.3 is 9.47 Å². The number of hydrogen-bond donors (Lipinski definition) is 0. The average molecular weight is 336 g/mol. The van der Waals surface area contributed by atoms with Crippen molar-refractivity contribution in [3.63, 3.8) is 0 Å². The average Bonchev–Trinajstić information content (AvgIpc) is 2.98. The summed E-state index contributed by atoms with van der Waals surface area (Å²) in [5, 5.41) is 0.632. The Bertz CT molecular complexity index is 788. The summed E-state index contributed by atoms with van der Waals surface area (Å²) in [6.07, 6.45) is 2.17. The van der Waals surface area contributed by atoms with Gasteiger partial charge in [0.1, 0.15) is 0 Å². The fourth-order valence-electron chi connectivity index (χ4n) is 3.08. The first-order valence-electron chi connectivity index (χ1n) is 7.45. The Labute approximate surface area is 136 Å². The van der Waals surface area contributed by atoms with Crippen molar-refractivity contribution in [1.82, 2.24) is 9.29 Å². The number of benzene rings is 1. The summed E-state index contributed by atoms with van der Waals surface area (Å²) in [5.41, 5.74) is 0.666. The Morgan fingerprint density at radius 2 is 2.09 bits per heavy atom. The molecule has 0 unspecified atom stereocenters. The van der Waals surface area contributed by atoms with Crippen LogP contribution in [0.25, 0.3) is 10.9 Å². The molecular formula is C16H20N2O4S. The third-order valence-corrected chi connectivity index (χ3v) is 6.19. The van der Waals surface area contributed by atoms with E-state index in [1.807, 2.05) is 6.07 Å². The van der Waals surface area contributed by atoms with Gasteiger partial charge in [0.2, 0.25) is 10.0 Å². The van der Waals surface area contributed by atoms with Crippen molar-refractivity contribution in [2.75, 3.05) is 27.4 Å². The molecule has 6 nitrogen and oxygen atoms in total. The molecule has 1 aliphatic heterocycles. The molecule has 1 aromatic heterocycles. The predicted octanol–water partition coefficient (Wildman–Crippen LogP) is 1.66. The van der Waals surface area contributed by atoms with Crippen LogP contribution < -0.4 is 0 Å². The fraction of sp³-hybridized carbons (Fsp3) is 0.438. The van der Waals surface area contributed by atoms with Gasteiger partial charge in [0.25, 0.3) is 0 Å². The molecule has 0 bridgehead atoms. The molecule has 0 aliphatic carbocycles. The number of ether oxygens (including phenoxy) is 2. The first kappa shape index (κ1) is 16.3. The third-order valence-electron chi connectivity index (χ3n) is 4.21. The van der Waals surface area contributed by atoms with Crippen molar-refractivity contribution in [3.8, 4) is 0 Å². The van der Waals surface area contributed by atoms with E-state index in [-0.39, 0.29) is 17.0 Å². The molecule has 2 heterocycles. The van der Waals surface area contributed by atoms with Gasteiger partial charge in [-0.15, -0.1) is 0 Å². The first-order valence-corrected chi connectivity index (χ1v) is 8.89. The van der Waals surface area contributed by atoms with E-state index in [4.69, 9.17) is 9.47 Å². The minimum Gasteiger partial charge on any atom is -0.383 e. The van der Waals surface area contributed by atoms with Crippen LogP contribution in [0, 0.1) is 0 Å². The summed E-state index contributed by atoms with van der Waals surface area (Å²) in [4.78, 5) is 4.51.